The van der Waals surface area contributed by atoms with Crippen molar-refractivity contribution in [3.8, 4) is 17.2 Å². The van der Waals surface area contributed by atoms with Gasteiger partial charge < -0.3 is 29.5 Å². The summed E-state index contributed by atoms with van der Waals surface area (Å²) in [4.78, 5) is 10.3. The number of ether oxygens (including phenoxy) is 3. The Hall–Kier alpha value is -3.86. The van der Waals surface area contributed by atoms with Gasteiger partial charge in [0.1, 0.15) is 36.6 Å². The molecule has 0 heterocycles. The maximum absolute atomic E-state index is 12.6. The van der Waals surface area contributed by atoms with Crippen molar-refractivity contribution in [2.45, 2.75) is 32.1 Å². The standard InChI is InChI=1S/C33H39N2O8PS/c1-25(19-26-13-15-29(16-14-26)43-24-44(37,38)31-11-7-4-8-12-31)34-21-28(36)23-41-30-17-18-33(32(20-30)35-45(2,39)40)42-22-27-9-5-3-6-10-27/h3-18,20,25,28,34-36H,19,21-24H2,1-2H3,(H,37,38)/t25-,28+/m1/s1. The Morgan fingerprint density at radius 2 is 1.47 bits per heavy atom. The van der Waals surface area contributed by atoms with E-state index in [1.165, 1.54) is 6.07 Å². The summed E-state index contributed by atoms with van der Waals surface area (Å²) in [6, 6.07) is 30.1. The number of aliphatic hydroxyl groups is 1. The Morgan fingerprint density at radius 3 is 2.13 bits per heavy atom. The molecule has 0 aromatic heterocycles. The molecule has 4 N–H and O–H groups in total. The fourth-order valence-electron chi connectivity index (χ4n) is 4.37. The van der Waals surface area contributed by atoms with Crippen LogP contribution in [0, 0.1) is 0 Å². The van der Waals surface area contributed by atoms with Crippen LogP contribution in [-0.2, 0) is 27.6 Å². The molecule has 0 aliphatic rings. The van der Waals surface area contributed by atoms with Crippen LogP contribution in [-0.4, -0.2) is 56.3 Å². The molecule has 1 unspecified atom stereocenters. The number of sulfonamides is 1. The molecule has 4 aromatic carbocycles. The molecule has 0 fully saturated rings. The number of aliphatic hydroxyl groups excluding tert-OH is 1. The van der Waals surface area contributed by atoms with E-state index in [2.05, 4.69) is 10.0 Å². The quantitative estimate of drug-likeness (QED) is 0.121. The zero-order valence-electron chi connectivity index (χ0n) is 25.2. The first-order valence-corrected chi connectivity index (χ1v) is 18.1. The zero-order valence-corrected chi connectivity index (χ0v) is 26.9. The average Bonchev–Trinajstić information content (AvgIpc) is 3.02. The van der Waals surface area contributed by atoms with E-state index in [0.29, 0.717) is 29.0 Å². The predicted molar refractivity (Wildman–Crippen MR) is 176 cm³/mol. The minimum Gasteiger partial charge on any atom is -0.491 e. The van der Waals surface area contributed by atoms with Crippen LogP contribution in [0.1, 0.15) is 18.1 Å². The van der Waals surface area contributed by atoms with E-state index < -0.39 is 23.5 Å². The molecule has 0 radical (unpaired) electrons. The first-order chi connectivity index (χ1) is 21.5. The average molecular weight is 655 g/mol. The van der Waals surface area contributed by atoms with Crippen molar-refractivity contribution in [3.63, 3.8) is 0 Å². The van der Waals surface area contributed by atoms with E-state index in [1.807, 2.05) is 49.4 Å². The Labute approximate surface area is 264 Å². The van der Waals surface area contributed by atoms with Crippen molar-refractivity contribution in [1.29, 1.82) is 0 Å². The number of nitrogens with one attached hydrogen (secondary N) is 2. The van der Waals surface area contributed by atoms with Gasteiger partial charge in [-0.05, 0) is 60.9 Å². The summed E-state index contributed by atoms with van der Waals surface area (Å²) >= 11 is 0. The van der Waals surface area contributed by atoms with Crippen LogP contribution in [0.25, 0.3) is 0 Å². The minimum absolute atomic E-state index is 0.00795. The fourth-order valence-corrected chi connectivity index (χ4v) is 6.04. The van der Waals surface area contributed by atoms with Gasteiger partial charge in [0, 0.05) is 24.0 Å². The molecule has 0 amide bonds. The lowest BCUT2D eigenvalue weighted by Crippen LogP contribution is -2.37. The van der Waals surface area contributed by atoms with Gasteiger partial charge >= 0.3 is 0 Å². The first-order valence-electron chi connectivity index (χ1n) is 14.4. The summed E-state index contributed by atoms with van der Waals surface area (Å²) in [5.41, 5.74) is 2.21. The largest absolute Gasteiger partial charge is 0.491 e. The molecule has 4 rings (SSSR count). The maximum atomic E-state index is 12.6. The Kier molecular flexibility index (Phi) is 12.0. The van der Waals surface area contributed by atoms with Gasteiger partial charge in [0.15, 0.2) is 6.35 Å². The Balaban J connectivity index is 1.22. The maximum Gasteiger partial charge on any atom is 0.265 e. The monoisotopic (exact) mass is 654 g/mol. The van der Waals surface area contributed by atoms with Crippen LogP contribution in [0.3, 0.4) is 0 Å². The van der Waals surface area contributed by atoms with Gasteiger partial charge in [0.2, 0.25) is 10.0 Å². The lowest BCUT2D eigenvalue weighted by molar-refractivity contribution is 0.104. The van der Waals surface area contributed by atoms with Crippen LogP contribution >= 0.6 is 7.37 Å². The summed E-state index contributed by atoms with van der Waals surface area (Å²) < 4.78 is 56.1. The molecule has 240 valence electrons. The molecule has 12 heteroatoms. The normalized spacial score (nSPS) is 14.1. The SMILES string of the molecule is C[C@H](Cc1ccc(OCP(=O)(O)c2ccccc2)cc1)NC[C@H](O)COc1ccc(OCc2ccccc2)c(NS(C)(=O)=O)c1. The summed E-state index contributed by atoms with van der Waals surface area (Å²) in [6.45, 7) is 2.53. The van der Waals surface area contributed by atoms with Gasteiger partial charge in [-0.15, -0.1) is 0 Å². The smallest absolute Gasteiger partial charge is 0.265 e. The number of hydrogen-bond acceptors (Lipinski definition) is 8. The van der Waals surface area contributed by atoms with E-state index in [1.54, 1.807) is 54.6 Å². The van der Waals surface area contributed by atoms with Gasteiger partial charge in [0.05, 0.1) is 11.9 Å². The van der Waals surface area contributed by atoms with Gasteiger partial charge in [-0.3, -0.25) is 9.29 Å². The Morgan fingerprint density at radius 1 is 0.822 bits per heavy atom. The fraction of sp³-hybridized carbons (Fsp3) is 0.273. The summed E-state index contributed by atoms with van der Waals surface area (Å²) in [7, 11) is -7.19. The van der Waals surface area contributed by atoms with E-state index in [9.17, 15) is 23.0 Å². The van der Waals surface area contributed by atoms with Crippen molar-refractivity contribution < 1.29 is 37.2 Å². The zero-order chi connectivity index (χ0) is 32.3. The lowest BCUT2D eigenvalue weighted by Gasteiger charge is -2.19. The summed E-state index contributed by atoms with van der Waals surface area (Å²) in [5.74, 6) is 1.24. The number of rotatable bonds is 17. The topological polar surface area (TPSA) is 143 Å². The van der Waals surface area contributed by atoms with Crippen molar-refractivity contribution in [2.24, 2.45) is 0 Å². The van der Waals surface area contributed by atoms with Crippen LogP contribution < -0.4 is 29.6 Å². The Bertz CT molecular complexity index is 1660. The van der Waals surface area contributed by atoms with E-state index in [0.717, 1.165) is 17.4 Å². The second kappa shape index (κ2) is 15.9. The second-order valence-electron chi connectivity index (χ2n) is 10.7. The van der Waals surface area contributed by atoms with E-state index in [-0.39, 0.29) is 37.8 Å². The molecular formula is C33H39N2O8PS. The molecule has 4 aromatic rings. The highest BCUT2D eigenvalue weighted by atomic mass is 32.2. The summed E-state index contributed by atoms with van der Waals surface area (Å²) in [6.07, 6.45) is 0.613. The van der Waals surface area contributed by atoms with Gasteiger partial charge in [-0.1, -0.05) is 60.7 Å². The molecule has 0 aliphatic heterocycles. The van der Waals surface area contributed by atoms with Crippen molar-refractivity contribution in [3.05, 3.63) is 114 Å². The van der Waals surface area contributed by atoms with E-state index >= 15 is 0 Å². The molecule has 3 atom stereocenters. The molecular weight excluding hydrogens is 615 g/mol. The third kappa shape index (κ3) is 11.5. The molecule has 45 heavy (non-hydrogen) atoms. The number of hydrogen-bond donors (Lipinski definition) is 4. The molecule has 0 saturated heterocycles. The minimum atomic E-state index is -3.62. The highest BCUT2D eigenvalue weighted by molar-refractivity contribution is 7.92. The number of benzene rings is 4. The van der Waals surface area contributed by atoms with Crippen molar-refractivity contribution >= 4 is 28.4 Å². The summed E-state index contributed by atoms with van der Waals surface area (Å²) in [5, 5.41) is 14.1. The van der Waals surface area contributed by atoms with Crippen LogP contribution in [0.15, 0.2) is 103 Å². The van der Waals surface area contributed by atoms with Crippen molar-refractivity contribution in [1.82, 2.24) is 5.32 Å². The van der Waals surface area contributed by atoms with Gasteiger partial charge in [-0.2, -0.15) is 0 Å². The molecule has 0 saturated carbocycles. The molecule has 0 spiro atoms. The third-order valence-corrected chi connectivity index (χ3v) is 8.83. The first kappa shape index (κ1) is 34.0. The lowest BCUT2D eigenvalue weighted by atomic mass is 10.1. The predicted octanol–water partition coefficient (Wildman–Crippen LogP) is 4.53. The van der Waals surface area contributed by atoms with Gasteiger partial charge in [-0.25, -0.2) is 8.42 Å². The van der Waals surface area contributed by atoms with Crippen LogP contribution in [0.5, 0.6) is 17.2 Å². The van der Waals surface area contributed by atoms with Crippen LogP contribution in [0.4, 0.5) is 5.69 Å². The molecule has 0 bridgehead atoms. The van der Waals surface area contributed by atoms with E-state index in [4.69, 9.17) is 14.2 Å². The molecule has 0 aliphatic carbocycles. The highest BCUT2D eigenvalue weighted by Gasteiger charge is 2.22. The second-order valence-corrected chi connectivity index (χ2v) is 14.7. The van der Waals surface area contributed by atoms with Crippen LogP contribution in [0.2, 0.25) is 0 Å². The highest BCUT2D eigenvalue weighted by Crippen LogP contribution is 2.39. The number of anilines is 1. The van der Waals surface area contributed by atoms with Crippen molar-refractivity contribution in [2.75, 3.05) is 30.5 Å². The molecule has 10 nitrogen and oxygen atoms in total. The third-order valence-electron chi connectivity index (χ3n) is 6.66. The van der Waals surface area contributed by atoms with Gasteiger partial charge in [0.25, 0.3) is 7.37 Å².